The number of alkyl halides is 4. The standard InChI is InChI=1S/C21H17ClF4O2S/c22-19-6-3-14(9-18(19)21(24,25)26)17-11-20(7-8-20)10-16(17)13-1-4-15(5-2-13)29(27,28)12-23/h1-6,9H,7-8,10-12H2. The normalized spacial score (nSPS) is 18.5. The van der Waals surface area contributed by atoms with E-state index in [1.807, 2.05) is 0 Å². The van der Waals surface area contributed by atoms with Crippen molar-refractivity contribution < 1.29 is 26.0 Å². The number of hydrogen-bond acceptors (Lipinski definition) is 2. The van der Waals surface area contributed by atoms with E-state index in [2.05, 4.69) is 0 Å². The highest BCUT2D eigenvalue weighted by Gasteiger charge is 2.48. The molecule has 0 amide bonds. The SMILES string of the molecule is O=S(=O)(CF)c1ccc(C2=C(c3ccc(Cl)c(C(F)(F)F)c3)CC3(CC3)C2)cc1. The van der Waals surface area contributed by atoms with Gasteiger partial charge in [-0.05, 0) is 77.6 Å². The summed E-state index contributed by atoms with van der Waals surface area (Å²) < 4.78 is 76.0. The van der Waals surface area contributed by atoms with E-state index in [1.165, 1.54) is 18.2 Å². The molecule has 0 aromatic heterocycles. The molecule has 0 aliphatic heterocycles. The summed E-state index contributed by atoms with van der Waals surface area (Å²) in [6, 6.07) is 8.34. The maximum Gasteiger partial charge on any atom is 0.417 e. The molecule has 0 heterocycles. The van der Waals surface area contributed by atoms with Gasteiger partial charge in [-0.25, -0.2) is 12.8 Å². The molecule has 2 aromatic carbocycles. The first-order valence-electron chi connectivity index (χ1n) is 9.03. The second-order valence-electron chi connectivity index (χ2n) is 7.75. The van der Waals surface area contributed by atoms with Gasteiger partial charge in [0.05, 0.1) is 15.5 Å². The highest BCUT2D eigenvalue weighted by Crippen LogP contribution is 2.63. The molecular formula is C21H17ClF4O2S. The van der Waals surface area contributed by atoms with E-state index in [1.54, 1.807) is 18.2 Å². The van der Waals surface area contributed by atoms with Crippen molar-refractivity contribution in [2.75, 3.05) is 6.01 Å². The Morgan fingerprint density at radius 1 is 0.931 bits per heavy atom. The molecule has 154 valence electrons. The van der Waals surface area contributed by atoms with Gasteiger partial charge in [0.1, 0.15) is 0 Å². The molecule has 29 heavy (non-hydrogen) atoms. The van der Waals surface area contributed by atoms with Crippen LogP contribution in [-0.2, 0) is 16.0 Å². The van der Waals surface area contributed by atoms with Crippen molar-refractivity contribution in [3.8, 4) is 0 Å². The van der Waals surface area contributed by atoms with Crippen LogP contribution in [0.25, 0.3) is 11.1 Å². The zero-order chi connectivity index (χ0) is 21.0. The summed E-state index contributed by atoms with van der Waals surface area (Å²) in [4.78, 5) is -0.115. The van der Waals surface area contributed by atoms with Crippen LogP contribution in [0.2, 0.25) is 5.02 Å². The second kappa shape index (κ2) is 6.84. The lowest BCUT2D eigenvalue weighted by Gasteiger charge is -2.13. The molecule has 1 saturated carbocycles. The average molecular weight is 445 g/mol. The third-order valence-electron chi connectivity index (χ3n) is 5.75. The summed E-state index contributed by atoms with van der Waals surface area (Å²) in [7, 11) is -3.96. The Morgan fingerprint density at radius 3 is 2.00 bits per heavy atom. The van der Waals surface area contributed by atoms with Crippen LogP contribution in [-0.4, -0.2) is 14.4 Å². The first-order chi connectivity index (χ1) is 13.5. The monoisotopic (exact) mass is 444 g/mol. The van der Waals surface area contributed by atoms with Gasteiger partial charge in [-0.2, -0.15) is 13.2 Å². The van der Waals surface area contributed by atoms with Crippen molar-refractivity contribution >= 4 is 32.6 Å². The van der Waals surface area contributed by atoms with E-state index >= 15 is 0 Å². The number of allylic oxidation sites excluding steroid dienone is 2. The summed E-state index contributed by atoms with van der Waals surface area (Å²) in [6.45, 7) is 0. The highest BCUT2D eigenvalue weighted by atomic mass is 35.5. The van der Waals surface area contributed by atoms with Crippen LogP contribution in [0, 0.1) is 5.41 Å². The molecule has 0 unspecified atom stereocenters. The average Bonchev–Trinajstić information content (AvgIpc) is 3.32. The molecule has 0 saturated heterocycles. The fourth-order valence-electron chi connectivity index (χ4n) is 3.97. The topological polar surface area (TPSA) is 34.1 Å². The Labute approximate surface area is 171 Å². The second-order valence-corrected chi connectivity index (χ2v) is 10.1. The first kappa shape index (κ1) is 20.4. The number of rotatable bonds is 4. The molecular weight excluding hydrogens is 428 g/mol. The first-order valence-corrected chi connectivity index (χ1v) is 11.1. The molecule has 2 aliphatic rings. The summed E-state index contributed by atoms with van der Waals surface area (Å²) in [5.41, 5.74) is 2.15. The number of halogens is 5. The molecule has 1 spiro atoms. The van der Waals surface area contributed by atoms with E-state index in [0.717, 1.165) is 42.0 Å². The lowest BCUT2D eigenvalue weighted by Crippen LogP contribution is -2.06. The van der Waals surface area contributed by atoms with Gasteiger partial charge in [-0.3, -0.25) is 0 Å². The Kier molecular flexibility index (Phi) is 4.82. The zero-order valence-electron chi connectivity index (χ0n) is 15.2. The predicted octanol–water partition coefficient (Wildman–Crippen LogP) is 6.54. The third kappa shape index (κ3) is 3.82. The lowest BCUT2D eigenvalue weighted by molar-refractivity contribution is -0.137. The van der Waals surface area contributed by atoms with Crippen LogP contribution in [0.4, 0.5) is 17.6 Å². The fourth-order valence-corrected chi connectivity index (χ4v) is 4.87. The van der Waals surface area contributed by atoms with Crippen LogP contribution >= 0.6 is 11.6 Å². The summed E-state index contributed by atoms with van der Waals surface area (Å²) >= 11 is 5.76. The van der Waals surface area contributed by atoms with Crippen LogP contribution in [0.15, 0.2) is 47.4 Å². The molecule has 4 rings (SSSR count). The van der Waals surface area contributed by atoms with Crippen LogP contribution in [0.1, 0.15) is 42.4 Å². The van der Waals surface area contributed by atoms with Gasteiger partial charge in [0.2, 0.25) is 9.84 Å². The van der Waals surface area contributed by atoms with Crippen molar-refractivity contribution in [1.29, 1.82) is 0 Å². The molecule has 0 atom stereocenters. The van der Waals surface area contributed by atoms with E-state index in [0.29, 0.717) is 12.0 Å². The van der Waals surface area contributed by atoms with E-state index < -0.39 is 27.6 Å². The minimum atomic E-state index is -4.55. The molecule has 0 bridgehead atoms. The molecule has 0 N–H and O–H groups in total. The van der Waals surface area contributed by atoms with Crippen LogP contribution < -0.4 is 0 Å². The predicted molar refractivity (Wildman–Crippen MR) is 104 cm³/mol. The molecule has 1 fully saturated rings. The Balaban J connectivity index is 1.79. The van der Waals surface area contributed by atoms with Crippen LogP contribution in [0.5, 0.6) is 0 Å². The van der Waals surface area contributed by atoms with Crippen molar-refractivity contribution in [3.05, 3.63) is 64.2 Å². The number of benzene rings is 2. The molecule has 2 aromatic rings. The largest absolute Gasteiger partial charge is 0.417 e. The van der Waals surface area contributed by atoms with Crippen molar-refractivity contribution in [3.63, 3.8) is 0 Å². The fraction of sp³-hybridized carbons (Fsp3) is 0.333. The Morgan fingerprint density at radius 2 is 1.48 bits per heavy atom. The molecule has 0 radical (unpaired) electrons. The highest BCUT2D eigenvalue weighted by molar-refractivity contribution is 7.91. The Bertz CT molecular complexity index is 1100. The minimum Gasteiger partial charge on any atom is -0.233 e. The lowest BCUT2D eigenvalue weighted by atomic mass is 9.96. The molecule has 2 aliphatic carbocycles. The quantitative estimate of drug-likeness (QED) is 0.501. The van der Waals surface area contributed by atoms with Crippen molar-refractivity contribution in [1.82, 2.24) is 0 Å². The maximum absolute atomic E-state index is 13.3. The van der Waals surface area contributed by atoms with Gasteiger partial charge in [0, 0.05) is 0 Å². The van der Waals surface area contributed by atoms with E-state index in [-0.39, 0.29) is 15.3 Å². The summed E-state index contributed by atoms with van der Waals surface area (Å²) in [6.07, 6.45) is -1.14. The van der Waals surface area contributed by atoms with Crippen molar-refractivity contribution in [2.45, 2.75) is 36.8 Å². The smallest absolute Gasteiger partial charge is 0.233 e. The van der Waals surface area contributed by atoms with E-state index in [4.69, 9.17) is 11.6 Å². The maximum atomic E-state index is 13.3. The van der Waals surface area contributed by atoms with Crippen LogP contribution in [0.3, 0.4) is 0 Å². The van der Waals surface area contributed by atoms with Gasteiger partial charge in [0.15, 0.2) is 6.01 Å². The molecule has 8 heteroatoms. The van der Waals surface area contributed by atoms with Gasteiger partial charge in [-0.1, -0.05) is 29.8 Å². The zero-order valence-corrected chi connectivity index (χ0v) is 16.8. The third-order valence-corrected chi connectivity index (χ3v) is 7.36. The number of hydrogen-bond donors (Lipinski definition) is 0. The van der Waals surface area contributed by atoms with Gasteiger partial charge < -0.3 is 0 Å². The van der Waals surface area contributed by atoms with Crippen molar-refractivity contribution in [2.24, 2.45) is 5.41 Å². The number of sulfone groups is 1. The summed E-state index contributed by atoms with van der Waals surface area (Å²) in [5, 5.41) is -0.344. The minimum absolute atomic E-state index is 0.0758. The van der Waals surface area contributed by atoms with Gasteiger partial charge >= 0.3 is 6.18 Å². The Hall–Kier alpha value is -1.86. The van der Waals surface area contributed by atoms with E-state index in [9.17, 15) is 26.0 Å². The molecule has 2 nitrogen and oxygen atoms in total. The van der Waals surface area contributed by atoms with Gasteiger partial charge in [-0.15, -0.1) is 0 Å². The summed E-state index contributed by atoms with van der Waals surface area (Å²) in [5.74, 6) is 0. The van der Waals surface area contributed by atoms with Gasteiger partial charge in [0.25, 0.3) is 0 Å².